The number of nitrogens with zero attached hydrogens (tertiary/aromatic N) is 7. The van der Waals surface area contributed by atoms with Crippen molar-refractivity contribution in [2.45, 2.75) is 96.1 Å². The van der Waals surface area contributed by atoms with Crippen LogP contribution in [0.15, 0.2) is 41.8 Å². The van der Waals surface area contributed by atoms with Crippen LogP contribution in [0.2, 0.25) is 0 Å². The lowest BCUT2D eigenvalue weighted by Gasteiger charge is -2.29. The zero-order valence-electron chi connectivity index (χ0n) is 27.2. The average Bonchev–Trinajstić information content (AvgIpc) is 3.55. The van der Waals surface area contributed by atoms with Crippen LogP contribution in [0.1, 0.15) is 71.8 Å². The molecule has 1 aliphatic rings. The van der Waals surface area contributed by atoms with Crippen molar-refractivity contribution in [3.8, 4) is 5.88 Å². The number of nitrogens with two attached hydrogens (primary N) is 1. The van der Waals surface area contributed by atoms with Crippen LogP contribution in [0.25, 0.3) is 21.6 Å². The van der Waals surface area contributed by atoms with Gasteiger partial charge in [-0.1, -0.05) is 55.2 Å². The maximum absolute atomic E-state index is 14.5. The standard InChI is InChI=1S/C29H42N9O8P/c1-7-8-14-20(19-12-10-9-11-13-19)46-47(41,35-18(4)26(40)44-17(2)3)43-15-21-23(39)29(5,36-37-31)27(45-21)38-16-32-22-24(38)33-28(30)34-25(22)42-6/h9-13,16-18,20-21,23,27,39H,7-8,14-15H2,1-6H3,(H,35,41)(H2,30,33,34)/t18-,20?,21+,23+,27-,29+,47?/m0/s1. The number of nitrogens with one attached hydrogen (secondary N) is 1. The predicted molar refractivity (Wildman–Crippen MR) is 171 cm³/mol. The average molecular weight is 676 g/mol. The molecule has 18 heteroatoms. The van der Waals surface area contributed by atoms with Gasteiger partial charge >= 0.3 is 13.7 Å². The van der Waals surface area contributed by atoms with Crippen LogP contribution < -0.4 is 15.6 Å². The van der Waals surface area contributed by atoms with Crippen molar-refractivity contribution in [3.63, 3.8) is 0 Å². The Kier molecular flexibility index (Phi) is 11.8. The Labute approximate surface area is 272 Å². The molecular weight excluding hydrogens is 633 g/mol. The van der Waals surface area contributed by atoms with Gasteiger partial charge in [-0.3, -0.25) is 18.4 Å². The number of aromatic nitrogens is 4. The summed E-state index contributed by atoms with van der Waals surface area (Å²) in [4.78, 5) is 28.2. The molecule has 47 heavy (non-hydrogen) atoms. The summed E-state index contributed by atoms with van der Waals surface area (Å²) in [5, 5.41) is 18.0. The SMILES string of the molecule is CCCCC(OP(=O)(N[C@@H](C)C(=O)OC(C)C)OC[C@H]1O[C@H](n2cnc3c(OC)nc(N)nc32)[C@](C)(N=[N+]=[N-])[C@@H]1O)c1ccccc1. The Morgan fingerprint density at radius 3 is 2.66 bits per heavy atom. The van der Waals surface area contributed by atoms with Gasteiger partial charge in [0.25, 0.3) is 0 Å². The zero-order chi connectivity index (χ0) is 34.4. The first-order valence-electron chi connectivity index (χ1n) is 15.3. The minimum Gasteiger partial charge on any atom is -0.479 e. The Bertz CT molecular complexity index is 1620. The van der Waals surface area contributed by atoms with Crippen LogP contribution >= 0.6 is 7.75 Å². The van der Waals surface area contributed by atoms with Gasteiger partial charge in [0.15, 0.2) is 17.4 Å². The zero-order valence-corrected chi connectivity index (χ0v) is 28.1. The number of ether oxygens (including phenoxy) is 3. The van der Waals surface area contributed by atoms with E-state index in [-0.39, 0.29) is 23.0 Å². The molecule has 256 valence electrons. The van der Waals surface area contributed by atoms with E-state index in [4.69, 9.17) is 29.0 Å². The molecule has 0 aliphatic carbocycles. The van der Waals surface area contributed by atoms with Gasteiger partial charge in [0.2, 0.25) is 11.8 Å². The van der Waals surface area contributed by atoms with E-state index >= 15 is 0 Å². The summed E-state index contributed by atoms with van der Waals surface area (Å²) in [5.41, 5.74) is 14.9. The number of benzene rings is 1. The number of esters is 1. The number of unbranched alkanes of at least 4 members (excludes halogenated alkanes) is 1. The predicted octanol–water partition coefficient (Wildman–Crippen LogP) is 4.75. The molecule has 4 rings (SSSR count). The fourth-order valence-corrected chi connectivity index (χ4v) is 6.88. The molecule has 3 aromatic rings. The molecule has 3 heterocycles. The molecule has 1 fully saturated rings. The molecule has 4 N–H and O–H groups in total. The fraction of sp³-hybridized carbons (Fsp3) is 0.586. The second-order valence-electron chi connectivity index (χ2n) is 11.6. The van der Waals surface area contributed by atoms with Crippen LogP contribution in [0, 0.1) is 0 Å². The van der Waals surface area contributed by atoms with Crippen LogP contribution in [-0.2, 0) is 27.9 Å². The molecule has 2 aromatic heterocycles. The third kappa shape index (κ3) is 8.19. The summed E-state index contributed by atoms with van der Waals surface area (Å²) >= 11 is 0. The number of azide groups is 1. The lowest BCUT2D eigenvalue weighted by molar-refractivity contribution is -0.149. The Morgan fingerprint density at radius 1 is 1.30 bits per heavy atom. The molecule has 0 saturated carbocycles. The Morgan fingerprint density at radius 2 is 2.02 bits per heavy atom. The number of aliphatic hydroxyl groups excluding tert-OH is 1. The number of nitrogen functional groups attached to an aromatic ring is 1. The second kappa shape index (κ2) is 15.4. The summed E-state index contributed by atoms with van der Waals surface area (Å²) in [7, 11) is -2.93. The number of fused-ring (bicyclic) bond motifs is 1. The third-order valence-corrected chi connectivity index (χ3v) is 9.32. The maximum Gasteiger partial charge on any atom is 0.406 e. The van der Waals surface area contributed by atoms with E-state index in [9.17, 15) is 20.0 Å². The molecule has 17 nitrogen and oxygen atoms in total. The highest BCUT2D eigenvalue weighted by Gasteiger charge is 2.55. The van der Waals surface area contributed by atoms with Crippen molar-refractivity contribution in [2.75, 3.05) is 19.5 Å². The third-order valence-electron chi connectivity index (χ3n) is 7.59. The molecule has 0 spiro atoms. The van der Waals surface area contributed by atoms with E-state index in [1.165, 1.54) is 31.9 Å². The van der Waals surface area contributed by atoms with Crippen molar-refractivity contribution < 1.29 is 37.7 Å². The summed E-state index contributed by atoms with van der Waals surface area (Å²) in [5.74, 6) is -0.653. The van der Waals surface area contributed by atoms with E-state index in [0.717, 1.165) is 18.4 Å². The number of rotatable bonds is 16. The molecule has 1 aromatic carbocycles. The normalized spacial score (nSPS) is 23.6. The summed E-state index contributed by atoms with van der Waals surface area (Å²) in [6.45, 7) is 7.90. The van der Waals surface area contributed by atoms with Gasteiger partial charge in [0.05, 0.1) is 38.4 Å². The Hall–Kier alpha value is -3.82. The first kappa shape index (κ1) is 36.0. The second-order valence-corrected chi connectivity index (χ2v) is 13.3. The summed E-state index contributed by atoms with van der Waals surface area (Å²) in [6.07, 6.45) is -1.40. The molecule has 7 atom stereocenters. The number of hydrogen-bond donors (Lipinski definition) is 3. The quantitative estimate of drug-likeness (QED) is 0.0612. The number of anilines is 1. The lowest BCUT2D eigenvalue weighted by atomic mass is 9.93. The minimum atomic E-state index is -4.33. The van der Waals surface area contributed by atoms with Gasteiger partial charge in [0.1, 0.15) is 17.7 Å². The molecular formula is C29H42N9O8P. The van der Waals surface area contributed by atoms with Crippen molar-refractivity contribution >= 4 is 30.8 Å². The number of hydrogen-bond acceptors (Lipinski definition) is 13. The van der Waals surface area contributed by atoms with Crippen molar-refractivity contribution in [1.29, 1.82) is 0 Å². The number of carbonyl (C=O) groups excluding carboxylic acids is 1. The minimum absolute atomic E-state index is 0.106. The van der Waals surface area contributed by atoms with Crippen LogP contribution in [-0.4, -0.2) is 74.2 Å². The Balaban J connectivity index is 1.65. The largest absolute Gasteiger partial charge is 0.479 e. The first-order valence-corrected chi connectivity index (χ1v) is 16.8. The van der Waals surface area contributed by atoms with E-state index < -0.39 is 62.5 Å². The van der Waals surface area contributed by atoms with Crippen LogP contribution in [0.4, 0.5) is 5.95 Å². The topological polar surface area (TPSA) is 231 Å². The smallest absolute Gasteiger partial charge is 0.406 e. The number of aliphatic hydroxyl groups is 1. The highest BCUT2D eigenvalue weighted by atomic mass is 31.2. The molecule has 1 saturated heterocycles. The number of imidazole rings is 1. The van der Waals surface area contributed by atoms with Gasteiger partial charge in [-0.15, -0.1) is 0 Å². The van der Waals surface area contributed by atoms with E-state index in [0.29, 0.717) is 6.42 Å². The van der Waals surface area contributed by atoms with E-state index in [1.54, 1.807) is 13.8 Å². The fourth-order valence-electron chi connectivity index (χ4n) is 5.20. The highest BCUT2D eigenvalue weighted by Crippen LogP contribution is 2.51. The molecule has 0 radical (unpaired) electrons. The first-order chi connectivity index (χ1) is 22.4. The molecule has 0 amide bonds. The van der Waals surface area contributed by atoms with Crippen LogP contribution in [0.5, 0.6) is 5.88 Å². The van der Waals surface area contributed by atoms with Crippen LogP contribution in [0.3, 0.4) is 0 Å². The highest BCUT2D eigenvalue weighted by molar-refractivity contribution is 7.51. The van der Waals surface area contributed by atoms with Crippen molar-refractivity contribution in [3.05, 3.63) is 52.7 Å². The number of methoxy groups -OCH3 is 1. The summed E-state index contributed by atoms with van der Waals surface area (Å²) in [6, 6.07) is 8.15. The summed E-state index contributed by atoms with van der Waals surface area (Å²) < 4.78 is 44.8. The van der Waals surface area contributed by atoms with Gasteiger partial charge in [-0.2, -0.15) is 9.97 Å². The molecule has 2 unspecified atom stereocenters. The molecule has 1 aliphatic heterocycles. The van der Waals surface area contributed by atoms with Gasteiger partial charge in [-0.25, -0.2) is 14.6 Å². The lowest BCUT2D eigenvalue weighted by Crippen LogP contribution is -2.43. The number of carbonyl (C=O) groups is 1. The van der Waals surface area contributed by atoms with Gasteiger partial charge in [0, 0.05) is 4.91 Å². The van der Waals surface area contributed by atoms with Crippen molar-refractivity contribution in [2.24, 2.45) is 5.11 Å². The van der Waals surface area contributed by atoms with E-state index in [1.807, 2.05) is 37.3 Å². The van der Waals surface area contributed by atoms with E-state index in [2.05, 4.69) is 30.1 Å². The van der Waals surface area contributed by atoms with Gasteiger partial charge in [-0.05, 0) is 45.2 Å². The maximum atomic E-state index is 14.5. The van der Waals surface area contributed by atoms with Gasteiger partial charge < -0.3 is 25.1 Å². The van der Waals surface area contributed by atoms with Crippen molar-refractivity contribution in [1.82, 2.24) is 24.6 Å². The molecule has 0 bridgehead atoms. The monoisotopic (exact) mass is 675 g/mol.